The molecule has 0 aliphatic carbocycles. The quantitative estimate of drug-likeness (QED) is 0.450. The number of carbonyl (C=O) groups excluding carboxylic acids is 2. The number of primary amides is 1. The van der Waals surface area contributed by atoms with E-state index in [-0.39, 0.29) is 10.5 Å². The number of sulfonamides is 1. The number of aryl methyl sites for hydroxylation is 1. The first-order valence-electron chi connectivity index (χ1n) is 10.1. The van der Waals surface area contributed by atoms with Gasteiger partial charge in [0.1, 0.15) is 11.5 Å². The van der Waals surface area contributed by atoms with Gasteiger partial charge in [-0.3, -0.25) is 13.9 Å². The molecule has 0 fully saturated rings. The number of anilines is 2. The Balaban J connectivity index is 1.49. The molecule has 0 atom stereocenters. The molecule has 3 aromatic carbocycles. The monoisotopic (exact) mass is 477 g/mol. The van der Waals surface area contributed by atoms with E-state index in [9.17, 15) is 18.0 Å². The molecule has 1 aromatic heterocycles. The number of rotatable bonds is 5. The summed E-state index contributed by atoms with van der Waals surface area (Å²) in [6.07, 6.45) is 0. The molecule has 3 N–H and O–H groups in total. The van der Waals surface area contributed by atoms with Crippen LogP contribution in [0, 0.1) is 6.92 Å². The van der Waals surface area contributed by atoms with Gasteiger partial charge < -0.3 is 11.1 Å². The maximum atomic E-state index is 13.1. The second kappa shape index (κ2) is 7.72. The van der Waals surface area contributed by atoms with E-state index in [0.717, 1.165) is 20.1 Å². The highest BCUT2D eigenvalue weighted by molar-refractivity contribution is 7.93. The second-order valence-electron chi connectivity index (χ2n) is 7.66. The molecule has 1 aliphatic rings. The lowest BCUT2D eigenvalue weighted by atomic mass is 10.0. The van der Waals surface area contributed by atoms with Crippen LogP contribution in [0.3, 0.4) is 0 Å². The molecular formula is C24H19N3O4S2. The van der Waals surface area contributed by atoms with Crippen LogP contribution in [-0.4, -0.2) is 26.8 Å². The lowest BCUT2D eigenvalue weighted by Crippen LogP contribution is -2.35. The van der Waals surface area contributed by atoms with Crippen LogP contribution in [0.25, 0.3) is 21.9 Å². The van der Waals surface area contributed by atoms with Crippen LogP contribution in [0.4, 0.5) is 10.7 Å². The molecule has 0 bridgehead atoms. The highest BCUT2D eigenvalue weighted by atomic mass is 32.2. The Kier molecular flexibility index (Phi) is 4.95. The fourth-order valence-corrected chi connectivity index (χ4v) is 7.01. The molecule has 5 rings (SSSR count). The van der Waals surface area contributed by atoms with Gasteiger partial charge in [-0.1, -0.05) is 54.6 Å². The highest BCUT2D eigenvalue weighted by Crippen LogP contribution is 2.42. The molecule has 2 heterocycles. The number of carbonyl (C=O) groups is 2. The maximum absolute atomic E-state index is 13.1. The largest absolute Gasteiger partial charge is 0.365 e. The van der Waals surface area contributed by atoms with Gasteiger partial charge in [-0.15, -0.1) is 11.3 Å². The van der Waals surface area contributed by atoms with Crippen molar-refractivity contribution in [1.82, 2.24) is 0 Å². The smallest absolute Gasteiger partial charge is 0.265 e. The molecule has 7 nitrogen and oxygen atoms in total. The van der Waals surface area contributed by atoms with Crippen LogP contribution in [0.5, 0.6) is 0 Å². The minimum atomic E-state index is -3.87. The van der Waals surface area contributed by atoms with Crippen molar-refractivity contribution < 1.29 is 18.0 Å². The van der Waals surface area contributed by atoms with Gasteiger partial charge in [0.25, 0.3) is 15.9 Å². The van der Waals surface area contributed by atoms with Crippen molar-refractivity contribution in [2.24, 2.45) is 5.73 Å². The van der Waals surface area contributed by atoms with Gasteiger partial charge in [0.05, 0.1) is 16.1 Å². The number of benzene rings is 3. The summed E-state index contributed by atoms with van der Waals surface area (Å²) in [4.78, 5) is 26.3. The molecule has 4 aromatic rings. The first kappa shape index (κ1) is 21.2. The Morgan fingerprint density at radius 3 is 2.39 bits per heavy atom. The van der Waals surface area contributed by atoms with Crippen LogP contribution in [0.15, 0.2) is 71.6 Å². The van der Waals surface area contributed by atoms with E-state index in [1.165, 1.54) is 11.3 Å². The Labute approximate surface area is 194 Å². The van der Waals surface area contributed by atoms with Crippen LogP contribution >= 0.6 is 11.3 Å². The summed E-state index contributed by atoms with van der Waals surface area (Å²) in [5.74, 6) is -1.23. The first-order chi connectivity index (χ1) is 15.8. The molecule has 1 aliphatic heterocycles. The molecule has 166 valence electrons. The third kappa shape index (κ3) is 3.37. The normalized spacial score (nSPS) is 13.9. The van der Waals surface area contributed by atoms with Crippen molar-refractivity contribution in [1.29, 1.82) is 0 Å². The topological polar surface area (TPSA) is 110 Å². The van der Waals surface area contributed by atoms with Crippen molar-refractivity contribution in [3.63, 3.8) is 0 Å². The summed E-state index contributed by atoms with van der Waals surface area (Å²) < 4.78 is 27.4. The fourth-order valence-electron chi connectivity index (χ4n) is 4.25. The van der Waals surface area contributed by atoms with E-state index in [0.29, 0.717) is 21.6 Å². The molecule has 0 saturated carbocycles. The molecular weight excluding hydrogens is 458 g/mol. The van der Waals surface area contributed by atoms with E-state index in [1.807, 2.05) is 49.4 Å². The Hall–Kier alpha value is -3.69. The Bertz CT molecular complexity index is 1540. The predicted octanol–water partition coefficient (Wildman–Crippen LogP) is 4.12. The standard InChI is InChI=1S/C24H19N3O4S2/c1-14-20(15-7-3-2-4-8-15)22(23(25)29)24(32-14)26-19(28)13-27-17-11-5-9-16-10-6-12-18(21(16)17)33(27,30)31/h2-12H,13H2,1H3,(H2,25,29)(H,26,28). The van der Waals surface area contributed by atoms with E-state index in [2.05, 4.69) is 5.32 Å². The van der Waals surface area contributed by atoms with Crippen molar-refractivity contribution in [2.45, 2.75) is 11.8 Å². The van der Waals surface area contributed by atoms with Gasteiger partial charge in [-0.2, -0.15) is 0 Å². The van der Waals surface area contributed by atoms with E-state index < -0.39 is 28.4 Å². The lowest BCUT2D eigenvalue weighted by Gasteiger charge is -2.18. The molecule has 0 unspecified atom stereocenters. The summed E-state index contributed by atoms with van der Waals surface area (Å²) in [5.41, 5.74) is 7.81. The summed E-state index contributed by atoms with van der Waals surface area (Å²) in [7, 11) is -3.87. The Morgan fingerprint density at radius 1 is 1.00 bits per heavy atom. The summed E-state index contributed by atoms with van der Waals surface area (Å²) in [6.45, 7) is 1.42. The zero-order valence-corrected chi connectivity index (χ0v) is 19.2. The second-order valence-corrected chi connectivity index (χ2v) is 10.7. The number of thiophene rings is 1. The molecule has 2 amide bonds. The van der Waals surface area contributed by atoms with Gasteiger partial charge in [-0.05, 0) is 30.0 Å². The highest BCUT2D eigenvalue weighted by Gasteiger charge is 2.37. The number of hydrogen-bond acceptors (Lipinski definition) is 5. The number of nitrogens with zero attached hydrogens (tertiary/aromatic N) is 1. The van der Waals surface area contributed by atoms with E-state index >= 15 is 0 Å². The zero-order valence-electron chi connectivity index (χ0n) is 17.5. The summed E-state index contributed by atoms with van der Waals surface area (Å²) in [6, 6.07) is 19.6. The lowest BCUT2D eigenvalue weighted by molar-refractivity contribution is -0.114. The van der Waals surface area contributed by atoms with Gasteiger partial charge in [0, 0.05) is 15.8 Å². The predicted molar refractivity (Wildman–Crippen MR) is 130 cm³/mol. The minimum absolute atomic E-state index is 0.180. The summed E-state index contributed by atoms with van der Waals surface area (Å²) >= 11 is 1.23. The van der Waals surface area contributed by atoms with Crippen molar-refractivity contribution in [3.05, 3.63) is 77.2 Å². The fraction of sp³-hybridized carbons (Fsp3) is 0.0833. The molecule has 0 saturated heterocycles. The van der Waals surface area contributed by atoms with Crippen molar-refractivity contribution >= 4 is 54.6 Å². The van der Waals surface area contributed by atoms with Crippen LogP contribution < -0.4 is 15.4 Å². The van der Waals surface area contributed by atoms with Crippen molar-refractivity contribution in [2.75, 3.05) is 16.2 Å². The molecule has 0 radical (unpaired) electrons. The average molecular weight is 478 g/mol. The first-order valence-corrected chi connectivity index (χ1v) is 12.4. The van der Waals surface area contributed by atoms with Crippen LogP contribution in [0.2, 0.25) is 0 Å². The average Bonchev–Trinajstić information content (AvgIpc) is 3.22. The number of nitrogens with one attached hydrogen (secondary N) is 1. The van der Waals surface area contributed by atoms with Gasteiger partial charge in [0.15, 0.2) is 0 Å². The van der Waals surface area contributed by atoms with Crippen molar-refractivity contribution in [3.8, 4) is 11.1 Å². The van der Waals surface area contributed by atoms with Gasteiger partial charge in [-0.25, -0.2) is 8.42 Å². The van der Waals surface area contributed by atoms with Gasteiger partial charge in [0.2, 0.25) is 5.91 Å². The number of nitrogens with two attached hydrogens (primary N) is 1. The molecule has 0 spiro atoms. The van der Waals surface area contributed by atoms with Crippen LogP contribution in [-0.2, 0) is 14.8 Å². The molecule has 9 heteroatoms. The van der Waals surface area contributed by atoms with E-state index in [4.69, 9.17) is 5.73 Å². The zero-order chi connectivity index (χ0) is 23.3. The summed E-state index contributed by atoms with van der Waals surface area (Å²) in [5, 5.41) is 4.41. The molecule has 33 heavy (non-hydrogen) atoms. The van der Waals surface area contributed by atoms with Crippen LogP contribution in [0.1, 0.15) is 15.2 Å². The SMILES string of the molecule is Cc1sc(NC(=O)CN2c3cccc4cccc(c34)S2(=O)=O)c(C(N)=O)c1-c1ccccc1. The van der Waals surface area contributed by atoms with E-state index in [1.54, 1.807) is 24.3 Å². The third-order valence-electron chi connectivity index (χ3n) is 5.61. The van der Waals surface area contributed by atoms with Gasteiger partial charge >= 0.3 is 0 Å². The number of hydrogen-bond donors (Lipinski definition) is 2. The minimum Gasteiger partial charge on any atom is -0.365 e. The third-order valence-corrected chi connectivity index (χ3v) is 8.44. The maximum Gasteiger partial charge on any atom is 0.265 e. The number of amides is 2. The Morgan fingerprint density at radius 2 is 1.70 bits per heavy atom.